The van der Waals surface area contributed by atoms with E-state index in [1.807, 2.05) is 6.20 Å². The number of hydrogen-bond acceptors (Lipinski definition) is 7. The van der Waals surface area contributed by atoms with Gasteiger partial charge in [-0.05, 0) is 43.9 Å². The molecule has 1 amide bonds. The van der Waals surface area contributed by atoms with Crippen LogP contribution in [0.2, 0.25) is 5.15 Å². The zero-order valence-corrected chi connectivity index (χ0v) is 18.6. The first-order chi connectivity index (χ1) is 14.2. The maximum absolute atomic E-state index is 12.4. The Morgan fingerprint density at radius 2 is 2.17 bits per heavy atom. The maximum atomic E-state index is 12.4. The SMILES string of the molecule is CCc1c(C)cnc(CN2C[C@H](CC(=O)N[C@@H](C)CO)c3c(Cl)nc(N)nc32)c1C. The first kappa shape index (κ1) is 22.2. The van der Waals surface area contributed by atoms with Crippen molar-refractivity contribution in [2.24, 2.45) is 0 Å². The van der Waals surface area contributed by atoms with Crippen molar-refractivity contribution in [1.82, 2.24) is 20.3 Å². The molecule has 0 aliphatic carbocycles. The van der Waals surface area contributed by atoms with Gasteiger partial charge in [-0.1, -0.05) is 18.5 Å². The van der Waals surface area contributed by atoms with Gasteiger partial charge in [0.1, 0.15) is 11.0 Å². The predicted octanol–water partition coefficient (Wildman–Crippen LogP) is 2.28. The van der Waals surface area contributed by atoms with Crippen LogP contribution in [0.3, 0.4) is 0 Å². The summed E-state index contributed by atoms with van der Waals surface area (Å²) in [5.41, 5.74) is 11.2. The molecule has 2 atom stereocenters. The number of aryl methyl sites for hydroxylation is 1. The van der Waals surface area contributed by atoms with E-state index in [0.717, 1.165) is 17.7 Å². The summed E-state index contributed by atoms with van der Waals surface area (Å²) in [6.07, 6.45) is 3.07. The van der Waals surface area contributed by atoms with Crippen molar-refractivity contribution >= 4 is 29.3 Å². The molecule has 3 rings (SSSR count). The van der Waals surface area contributed by atoms with Gasteiger partial charge < -0.3 is 21.1 Å². The molecule has 0 bridgehead atoms. The van der Waals surface area contributed by atoms with Gasteiger partial charge in [-0.25, -0.2) is 4.98 Å². The highest BCUT2D eigenvalue weighted by Crippen LogP contribution is 2.41. The average Bonchev–Trinajstić information content (AvgIpc) is 3.01. The number of aromatic nitrogens is 3. The van der Waals surface area contributed by atoms with Gasteiger partial charge in [-0.3, -0.25) is 9.78 Å². The number of nitrogens with two attached hydrogens (primary N) is 1. The number of aliphatic hydroxyl groups is 1. The maximum Gasteiger partial charge on any atom is 0.223 e. The molecule has 3 heterocycles. The highest BCUT2D eigenvalue weighted by atomic mass is 35.5. The van der Waals surface area contributed by atoms with Crippen molar-refractivity contribution in [2.45, 2.75) is 59.0 Å². The van der Waals surface area contributed by atoms with Crippen LogP contribution >= 0.6 is 11.6 Å². The second-order valence-corrected chi connectivity index (χ2v) is 8.25. The van der Waals surface area contributed by atoms with E-state index >= 15 is 0 Å². The number of halogens is 1. The highest BCUT2D eigenvalue weighted by Gasteiger charge is 2.35. The third kappa shape index (κ3) is 4.49. The van der Waals surface area contributed by atoms with Crippen molar-refractivity contribution in [3.05, 3.63) is 39.3 Å². The lowest BCUT2D eigenvalue weighted by atomic mass is 10.00. The quantitative estimate of drug-likeness (QED) is 0.574. The molecule has 0 aromatic carbocycles. The van der Waals surface area contributed by atoms with Crippen molar-refractivity contribution in [2.75, 3.05) is 23.8 Å². The van der Waals surface area contributed by atoms with Crippen molar-refractivity contribution in [3.63, 3.8) is 0 Å². The third-order valence-electron chi connectivity index (χ3n) is 5.63. The summed E-state index contributed by atoms with van der Waals surface area (Å²) in [5.74, 6) is 0.432. The molecule has 9 heteroatoms. The first-order valence-electron chi connectivity index (χ1n) is 10.2. The number of nitrogens with zero attached hydrogens (tertiary/aromatic N) is 4. The summed E-state index contributed by atoms with van der Waals surface area (Å²) in [4.78, 5) is 27.7. The molecule has 0 saturated heterocycles. The van der Waals surface area contributed by atoms with Crippen molar-refractivity contribution in [3.8, 4) is 0 Å². The molecule has 1 aliphatic heterocycles. The molecule has 8 nitrogen and oxygen atoms in total. The lowest BCUT2D eigenvalue weighted by Gasteiger charge is -2.21. The van der Waals surface area contributed by atoms with Crippen LogP contribution in [0.4, 0.5) is 11.8 Å². The summed E-state index contributed by atoms with van der Waals surface area (Å²) in [6, 6.07) is -0.306. The van der Waals surface area contributed by atoms with E-state index in [2.05, 4.69) is 45.9 Å². The van der Waals surface area contributed by atoms with E-state index in [4.69, 9.17) is 17.3 Å². The van der Waals surface area contributed by atoms with Crippen molar-refractivity contribution in [1.29, 1.82) is 0 Å². The number of aliphatic hydroxyl groups excluding tert-OH is 1. The Morgan fingerprint density at radius 1 is 1.43 bits per heavy atom. The lowest BCUT2D eigenvalue weighted by Crippen LogP contribution is -2.36. The summed E-state index contributed by atoms with van der Waals surface area (Å²) >= 11 is 6.41. The van der Waals surface area contributed by atoms with Gasteiger partial charge in [0.15, 0.2) is 0 Å². The molecule has 0 fully saturated rings. The Hall–Kier alpha value is -2.45. The van der Waals surface area contributed by atoms with Gasteiger partial charge in [0.05, 0.1) is 18.8 Å². The fourth-order valence-electron chi connectivity index (χ4n) is 4.10. The van der Waals surface area contributed by atoms with E-state index in [1.165, 1.54) is 16.7 Å². The molecule has 0 saturated carbocycles. The number of anilines is 2. The Bertz CT molecular complexity index is 952. The lowest BCUT2D eigenvalue weighted by molar-refractivity contribution is -0.122. The fraction of sp³-hybridized carbons (Fsp3) is 0.524. The highest BCUT2D eigenvalue weighted by molar-refractivity contribution is 6.30. The molecule has 2 aromatic heterocycles. The Labute approximate surface area is 181 Å². The zero-order valence-electron chi connectivity index (χ0n) is 17.9. The molecule has 1 aliphatic rings. The molecule has 4 N–H and O–H groups in total. The van der Waals surface area contributed by atoms with E-state index in [-0.39, 0.29) is 42.0 Å². The molecular weight excluding hydrogens is 404 g/mol. The van der Waals surface area contributed by atoms with Crippen LogP contribution in [-0.4, -0.2) is 45.2 Å². The molecule has 2 aromatic rings. The van der Waals surface area contributed by atoms with Gasteiger partial charge in [0.2, 0.25) is 11.9 Å². The summed E-state index contributed by atoms with van der Waals surface area (Å²) < 4.78 is 0. The van der Waals surface area contributed by atoms with E-state index in [0.29, 0.717) is 18.9 Å². The topological polar surface area (TPSA) is 117 Å². The smallest absolute Gasteiger partial charge is 0.223 e. The van der Waals surface area contributed by atoms with E-state index in [9.17, 15) is 9.90 Å². The second kappa shape index (κ2) is 9.14. The molecule has 0 unspecified atom stereocenters. The monoisotopic (exact) mass is 432 g/mol. The van der Waals surface area contributed by atoms with Gasteiger partial charge in [0, 0.05) is 36.7 Å². The van der Waals surface area contributed by atoms with E-state index in [1.54, 1.807) is 6.92 Å². The van der Waals surface area contributed by atoms with Crippen LogP contribution < -0.4 is 16.0 Å². The zero-order chi connectivity index (χ0) is 22.0. The third-order valence-corrected chi connectivity index (χ3v) is 5.92. The van der Waals surface area contributed by atoms with Crippen LogP contribution in [0.15, 0.2) is 6.20 Å². The molecule has 30 heavy (non-hydrogen) atoms. The van der Waals surface area contributed by atoms with Crippen LogP contribution in [0.5, 0.6) is 0 Å². The van der Waals surface area contributed by atoms with Crippen LogP contribution in [0.1, 0.15) is 54.1 Å². The molecule has 0 radical (unpaired) electrons. The van der Waals surface area contributed by atoms with Gasteiger partial charge >= 0.3 is 0 Å². The largest absolute Gasteiger partial charge is 0.394 e. The number of pyridine rings is 1. The summed E-state index contributed by atoms with van der Waals surface area (Å²) in [7, 11) is 0. The Morgan fingerprint density at radius 3 is 2.83 bits per heavy atom. The van der Waals surface area contributed by atoms with Crippen LogP contribution in [0, 0.1) is 13.8 Å². The number of hydrogen-bond donors (Lipinski definition) is 3. The number of rotatable bonds is 7. The van der Waals surface area contributed by atoms with Gasteiger partial charge in [-0.2, -0.15) is 4.98 Å². The van der Waals surface area contributed by atoms with E-state index < -0.39 is 0 Å². The minimum atomic E-state index is -0.306. The first-order valence-corrected chi connectivity index (χ1v) is 10.5. The molecule has 162 valence electrons. The summed E-state index contributed by atoms with van der Waals surface area (Å²) in [5, 5.41) is 12.2. The Kier molecular flexibility index (Phi) is 6.77. The normalized spacial score (nSPS) is 16.5. The van der Waals surface area contributed by atoms with Gasteiger partial charge in [0.25, 0.3) is 0 Å². The van der Waals surface area contributed by atoms with Crippen LogP contribution in [0.25, 0.3) is 0 Å². The number of nitrogen functional groups attached to an aromatic ring is 1. The number of carbonyl (C=O) groups is 1. The number of amides is 1. The van der Waals surface area contributed by atoms with Crippen molar-refractivity contribution < 1.29 is 9.90 Å². The molecule has 0 spiro atoms. The average molecular weight is 433 g/mol. The van der Waals surface area contributed by atoms with Crippen LogP contribution in [-0.2, 0) is 17.8 Å². The number of fused-ring (bicyclic) bond motifs is 1. The standard InChI is InChI=1S/C21H29ClN6O2/c1-5-15-11(2)7-24-16(13(15)4)9-28-8-14(6-17(30)25-12(3)10-29)18-19(22)26-21(23)27-20(18)28/h7,12,14,29H,5-6,8-10H2,1-4H3,(H,25,30)(H2,23,26,27)/t12-,14-/m0/s1. The summed E-state index contributed by atoms with van der Waals surface area (Å²) in [6.45, 7) is 9.05. The Balaban J connectivity index is 1.90. The predicted molar refractivity (Wildman–Crippen MR) is 118 cm³/mol. The minimum Gasteiger partial charge on any atom is -0.394 e. The fourth-order valence-corrected chi connectivity index (χ4v) is 4.42. The minimum absolute atomic E-state index is 0.102. The number of nitrogens with one attached hydrogen (secondary N) is 1. The molecular formula is C21H29ClN6O2. The van der Waals surface area contributed by atoms with Gasteiger partial charge in [-0.15, -0.1) is 0 Å². The number of carbonyl (C=O) groups excluding carboxylic acids is 1. The second-order valence-electron chi connectivity index (χ2n) is 7.89.